The number of benzene rings is 1. The fraction of sp³-hybridized carbons (Fsp3) is 0.588. The predicted octanol–water partition coefficient (Wildman–Crippen LogP) is 0.918. The average Bonchev–Trinajstić information content (AvgIpc) is 3.44. The summed E-state index contributed by atoms with van der Waals surface area (Å²) in [4.78, 5) is 11.6. The minimum atomic E-state index is -3.42. The lowest BCUT2D eigenvalue weighted by atomic mass is 10.0. The van der Waals surface area contributed by atoms with E-state index in [0.29, 0.717) is 31.0 Å². The van der Waals surface area contributed by atoms with Crippen molar-refractivity contribution in [2.75, 3.05) is 33.1 Å². The summed E-state index contributed by atoms with van der Waals surface area (Å²) in [5, 5.41) is 2.71. The molecule has 1 aromatic carbocycles. The van der Waals surface area contributed by atoms with Crippen LogP contribution in [0.1, 0.15) is 24.0 Å². The third-order valence-corrected chi connectivity index (χ3v) is 6.50. The molecular weight excluding hydrogens is 344 g/mol. The summed E-state index contributed by atoms with van der Waals surface area (Å²) in [6, 6.07) is 3.75. The number of carbonyl (C=O) groups excluding carboxylic acids is 1. The first-order valence-electron chi connectivity index (χ1n) is 8.44. The van der Waals surface area contributed by atoms with Gasteiger partial charge >= 0.3 is 0 Å². The Hall–Kier alpha value is -1.80. The number of sulfonamides is 1. The van der Waals surface area contributed by atoms with E-state index in [2.05, 4.69) is 5.32 Å². The zero-order valence-corrected chi connectivity index (χ0v) is 15.4. The van der Waals surface area contributed by atoms with Gasteiger partial charge in [-0.05, 0) is 42.5 Å². The standard InChI is InChI=1S/C17H24N2O5S/c1-23-15-9-13-5-7-19(11-14(13)10-16(15)24-2)25(21,22)8-6-18-17(20)12-3-4-12/h9-10,12H,3-8,11H2,1-2H3,(H,18,20). The molecule has 0 aromatic heterocycles. The molecule has 1 amide bonds. The van der Waals surface area contributed by atoms with E-state index in [1.807, 2.05) is 12.1 Å². The first-order valence-corrected chi connectivity index (χ1v) is 10.0. The van der Waals surface area contributed by atoms with Gasteiger partial charge in [0.25, 0.3) is 0 Å². The van der Waals surface area contributed by atoms with E-state index in [-0.39, 0.29) is 24.1 Å². The number of rotatable bonds is 7. The number of amides is 1. The zero-order valence-electron chi connectivity index (χ0n) is 14.6. The number of hydrogen-bond donors (Lipinski definition) is 1. The largest absolute Gasteiger partial charge is 0.493 e. The lowest BCUT2D eigenvalue weighted by Gasteiger charge is -2.29. The van der Waals surface area contributed by atoms with Crippen LogP contribution in [0.4, 0.5) is 0 Å². The third kappa shape index (κ3) is 4.07. The van der Waals surface area contributed by atoms with Crippen LogP contribution < -0.4 is 14.8 Å². The fourth-order valence-corrected chi connectivity index (χ4v) is 4.34. The smallest absolute Gasteiger partial charge is 0.223 e. The highest BCUT2D eigenvalue weighted by Crippen LogP contribution is 2.33. The van der Waals surface area contributed by atoms with Crippen LogP contribution in [-0.4, -0.2) is 51.7 Å². The van der Waals surface area contributed by atoms with E-state index in [1.165, 1.54) is 4.31 Å². The van der Waals surface area contributed by atoms with Crippen molar-refractivity contribution in [2.24, 2.45) is 5.92 Å². The molecule has 0 unspecified atom stereocenters. The van der Waals surface area contributed by atoms with Crippen molar-refractivity contribution < 1.29 is 22.7 Å². The van der Waals surface area contributed by atoms with Gasteiger partial charge in [0.05, 0.1) is 20.0 Å². The van der Waals surface area contributed by atoms with E-state index in [4.69, 9.17) is 9.47 Å². The Morgan fingerprint density at radius 2 is 1.84 bits per heavy atom. The number of ether oxygens (including phenoxy) is 2. The summed E-state index contributed by atoms with van der Waals surface area (Å²) in [6.07, 6.45) is 2.45. The van der Waals surface area contributed by atoms with Crippen LogP contribution in [-0.2, 0) is 27.8 Å². The number of carbonyl (C=O) groups is 1. The molecule has 138 valence electrons. The minimum Gasteiger partial charge on any atom is -0.493 e. The molecule has 25 heavy (non-hydrogen) atoms. The van der Waals surface area contributed by atoms with Crippen molar-refractivity contribution in [2.45, 2.75) is 25.8 Å². The summed E-state index contributed by atoms with van der Waals surface area (Å²) < 4.78 is 37.2. The van der Waals surface area contributed by atoms with E-state index in [0.717, 1.165) is 24.0 Å². The van der Waals surface area contributed by atoms with Crippen molar-refractivity contribution >= 4 is 15.9 Å². The Labute approximate surface area is 148 Å². The molecule has 0 atom stereocenters. The number of hydrogen-bond acceptors (Lipinski definition) is 5. The quantitative estimate of drug-likeness (QED) is 0.774. The van der Waals surface area contributed by atoms with Crippen LogP contribution >= 0.6 is 0 Å². The Bertz CT molecular complexity index is 759. The van der Waals surface area contributed by atoms with E-state index in [9.17, 15) is 13.2 Å². The average molecular weight is 368 g/mol. The van der Waals surface area contributed by atoms with Gasteiger partial charge in [-0.2, -0.15) is 4.31 Å². The van der Waals surface area contributed by atoms with Gasteiger partial charge < -0.3 is 14.8 Å². The van der Waals surface area contributed by atoms with Gasteiger partial charge in [-0.1, -0.05) is 0 Å². The van der Waals surface area contributed by atoms with Crippen molar-refractivity contribution in [3.63, 3.8) is 0 Å². The second-order valence-corrected chi connectivity index (χ2v) is 8.53. The summed E-state index contributed by atoms with van der Waals surface area (Å²) in [5.41, 5.74) is 2.00. The van der Waals surface area contributed by atoms with Gasteiger partial charge in [-0.25, -0.2) is 8.42 Å². The summed E-state index contributed by atoms with van der Waals surface area (Å²) in [6.45, 7) is 0.906. The zero-order chi connectivity index (χ0) is 18.0. The highest BCUT2D eigenvalue weighted by molar-refractivity contribution is 7.89. The Balaban J connectivity index is 1.65. The normalized spacial score (nSPS) is 17.7. The molecule has 1 aromatic rings. The van der Waals surface area contributed by atoms with E-state index in [1.54, 1.807) is 14.2 Å². The monoisotopic (exact) mass is 368 g/mol. The number of fused-ring (bicyclic) bond motifs is 1. The van der Waals surface area contributed by atoms with Gasteiger partial charge in [0.1, 0.15) is 0 Å². The number of nitrogens with one attached hydrogen (secondary N) is 1. The van der Waals surface area contributed by atoms with Crippen LogP contribution in [0, 0.1) is 5.92 Å². The topological polar surface area (TPSA) is 84.9 Å². The maximum absolute atomic E-state index is 12.6. The molecule has 1 saturated carbocycles. The minimum absolute atomic E-state index is 0.0315. The van der Waals surface area contributed by atoms with Crippen molar-refractivity contribution in [3.8, 4) is 11.5 Å². The first kappa shape index (κ1) is 18.0. The predicted molar refractivity (Wildman–Crippen MR) is 93.2 cm³/mol. The number of nitrogens with zero attached hydrogens (tertiary/aromatic N) is 1. The molecule has 0 bridgehead atoms. The lowest BCUT2D eigenvalue weighted by Crippen LogP contribution is -2.40. The molecule has 0 spiro atoms. The van der Waals surface area contributed by atoms with Crippen molar-refractivity contribution in [1.29, 1.82) is 0 Å². The number of methoxy groups -OCH3 is 2. The van der Waals surface area contributed by atoms with Gasteiger partial charge in [-0.15, -0.1) is 0 Å². The van der Waals surface area contributed by atoms with Gasteiger partial charge in [0, 0.05) is 25.6 Å². The van der Waals surface area contributed by atoms with Crippen LogP contribution in [0.2, 0.25) is 0 Å². The summed E-state index contributed by atoms with van der Waals surface area (Å²) >= 11 is 0. The van der Waals surface area contributed by atoms with E-state index >= 15 is 0 Å². The molecule has 1 aliphatic carbocycles. The first-order chi connectivity index (χ1) is 11.9. The molecule has 7 nitrogen and oxygen atoms in total. The van der Waals surface area contributed by atoms with Gasteiger partial charge in [-0.3, -0.25) is 4.79 Å². The van der Waals surface area contributed by atoms with Crippen LogP contribution in [0.25, 0.3) is 0 Å². The molecule has 0 radical (unpaired) electrons. The van der Waals surface area contributed by atoms with E-state index < -0.39 is 10.0 Å². The molecule has 1 fully saturated rings. The third-order valence-electron chi connectivity index (χ3n) is 4.68. The van der Waals surface area contributed by atoms with Crippen molar-refractivity contribution in [1.82, 2.24) is 9.62 Å². The molecule has 1 heterocycles. The summed E-state index contributed by atoms with van der Waals surface area (Å²) in [5.74, 6) is 1.23. The van der Waals surface area contributed by atoms with Crippen molar-refractivity contribution in [3.05, 3.63) is 23.3 Å². The molecule has 1 N–H and O–H groups in total. The molecular formula is C17H24N2O5S. The highest BCUT2D eigenvalue weighted by Gasteiger charge is 2.31. The molecule has 0 saturated heterocycles. The SMILES string of the molecule is COc1cc2c(cc1OC)CN(S(=O)(=O)CCNC(=O)C1CC1)CC2. The highest BCUT2D eigenvalue weighted by atomic mass is 32.2. The fourth-order valence-electron chi connectivity index (χ4n) is 3.02. The Kier molecular flexibility index (Phi) is 5.19. The lowest BCUT2D eigenvalue weighted by molar-refractivity contribution is -0.122. The van der Waals surface area contributed by atoms with Crippen LogP contribution in [0.3, 0.4) is 0 Å². The van der Waals surface area contributed by atoms with Crippen LogP contribution in [0.15, 0.2) is 12.1 Å². The second-order valence-electron chi connectivity index (χ2n) is 6.44. The Morgan fingerprint density at radius 3 is 2.44 bits per heavy atom. The maximum Gasteiger partial charge on any atom is 0.223 e. The maximum atomic E-state index is 12.6. The molecule has 2 aliphatic rings. The molecule has 3 rings (SSSR count). The molecule has 1 aliphatic heterocycles. The van der Waals surface area contributed by atoms with Gasteiger partial charge in [0.2, 0.25) is 15.9 Å². The Morgan fingerprint density at radius 1 is 1.20 bits per heavy atom. The van der Waals surface area contributed by atoms with Crippen LogP contribution in [0.5, 0.6) is 11.5 Å². The second kappa shape index (κ2) is 7.21. The molecule has 8 heteroatoms. The summed E-state index contributed by atoms with van der Waals surface area (Å²) in [7, 11) is -0.273. The van der Waals surface area contributed by atoms with Gasteiger partial charge in [0.15, 0.2) is 11.5 Å².